The summed E-state index contributed by atoms with van der Waals surface area (Å²) in [5, 5.41) is 12.8. The summed E-state index contributed by atoms with van der Waals surface area (Å²) in [6.07, 6.45) is 0. The fourth-order valence-electron chi connectivity index (χ4n) is 1.48. The van der Waals surface area contributed by atoms with Gasteiger partial charge in [-0.3, -0.25) is 0 Å². The van der Waals surface area contributed by atoms with E-state index >= 15 is 0 Å². The molecule has 2 rings (SSSR count). The van der Waals surface area contributed by atoms with Gasteiger partial charge in [-0.05, 0) is 12.1 Å². The second-order valence-corrected chi connectivity index (χ2v) is 3.51. The first-order valence-corrected chi connectivity index (χ1v) is 4.56. The number of aromatic nitrogens is 3. The van der Waals surface area contributed by atoms with E-state index in [0.717, 1.165) is 5.69 Å². The van der Waals surface area contributed by atoms with Crippen molar-refractivity contribution in [1.82, 2.24) is 14.6 Å². The van der Waals surface area contributed by atoms with Gasteiger partial charge < -0.3 is 15.7 Å². The van der Waals surface area contributed by atoms with Crippen molar-refractivity contribution in [1.29, 1.82) is 0 Å². The summed E-state index contributed by atoms with van der Waals surface area (Å²) in [6.45, 7) is 0. The predicted molar refractivity (Wildman–Crippen MR) is 58.7 cm³/mol. The van der Waals surface area contributed by atoms with Gasteiger partial charge in [0, 0.05) is 14.1 Å². The molecule has 3 N–H and O–H groups in total. The molecule has 2 heterocycles. The van der Waals surface area contributed by atoms with Crippen LogP contribution in [0, 0.1) is 0 Å². The average molecular weight is 221 g/mol. The van der Waals surface area contributed by atoms with Crippen LogP contribution in [0.25, 0.3) is 5.65 Å². The molecule has 2 aromatic heterocycles. The molecule has 16 heavy (non-hydrogen) atoms. The number of anilines is 2. The molecule has 0 fully saturated rings. The molecule has 0 atom stereocenters. The van der Waals surface area contributed by atoms with Gasteiger partial charge >= 0.3 is 5.97 Å². The number of nitrogen functional groups attached to an aromatic ring is 1. The van der Waals surface area contributed by atoms with Crippen LogP contribution in [0.3, 0.4) is 0 Å². The molecule has 7 nitrogen and oxygen atoms in total. The van der Waals surface area contributed by atoms with E-state index in [-0.39, 0.29) is 11.6 Å². The van der Waals surface area contributed by atoms with Gasteiger partial charge in [-0.2, -0.15) is 4.98 Å². The lowest BCUT2D eigenvalue weighted by molar-refractivity contribution is 0.0687. The van der Waals surface area contributed by atoms with Gasteiger partial charge in [-0.1, -0.05) is 0 Å². The standard InChI is InChI=1S/C9H11N5O2/c1-13(2)5-3-4-6(8(15)16)14-7(5)11-9(10)12-14/h3-4H,1-2H3,(H2,10,12)(H,15,16). The summed E-state index contributed by atoms with van der Waals surface area (Å²) in [6, 6.07) is 3.14. The van der Waals surface area contributed by atoms with E-state index in [9.17, 15) is 4.79 Å². The number of rotatable bonds is 2. The quantitative estimate of drug-likeness (QED) is 0.745. The Labute approximate surface area is 91.1 Å². The molecule has 0 saturated carbocycles. The van der Waals surface area contributed by atoms with Crippen molar-refractivity contribution in [2.75, 3.05) is 24.7 Å². The predicted octanol–water partition coefficient (Wildman–Crippen LogP) is 0.0757. The Bertz CT molecular complexity index is 560. The third-order valence-electron chi connectivity index (χ3n) is 2.18. The van der Waals surface area contributed by atoms with E-state index in [1.807, 2.05) is 19.0 Å². The monoisotopic (exact) mass is 221 g/mol. The molecule has 0 bridgehead atoms. The van der Waals surface area contributed by atoms with Gasteiger partial charge in [0.2, 0.25) is 5.95 Å². The summed E-state index contributed by atoms with van der Waals surface area (Å²) in [7, 11) is 3.67. The van der Waals surface area contributed by atoms with E-state index in [0.29, 0.717) is 5.65 Å². The normalized spacial score (nSPS) is 10.6. The number of pyridine rings is 1. The number of carboxylic acids is 1. The van der Waals surface area contributed by atoms with Crippen LogP contribution in [-0.4, -0.2) is 39.8 Å². The van der Waals surface area contributed by atoms with E-state index in [2.05, 4.69) is 10.1 Å². The largest absolute Gasteiger partial charge is 0.477 e. The SMILES string of the molecule is CN(C)c1ccc(C(=O)O)n2nc(N)nc12. The Morgan fingerprint density at radius 1 is 1.50 bits per heavy atom. The summed E-state index contributed by atoms with van der Waals surface area (Å²) in [4.78, 5) is 16.8. The molecule has 0 spiro atoms. The lowest BCUT2D eigenvalue weighted by Gasteiger charge is -2.13. The zero-order chi connectivity index (χ0) is 11.9. The molecule has 2 aromatic rings. The van der Waals surface area contributed by atoms with E-state index in [1.165, 1.54) is 10.6 Å². The molecule has 0 aromatic carbocycles. The third kappa shape index (κ3) is 1.42. The average Bonchev–Trinajstić information content (AvgIpc) is 2.56. The van der Waals surface area contributed by atoms with Crippen LogP contribution >= 0.6 is 0 Å². The van der Waals surface area contributed by atoms with Crippen LogP contribution in [0.5, 0.6) is 0 Å². The van der Waals surface area contributed by atoms with Gasteiger partial charge in [0.1, 0.15) is 0 Å². The van der Waals surface area contributed by atoms with Crippen LogP contribution in [0.2, 0.25) is 0 Å². The molecule has 0 amide bonds. The second-order valence-electron chi connectivity index (χ2n) is 3.51. The molecule has 84 valence electrons. The fourth-order valence-corrected chi connectivity index (χ4v) is 1.48. The molecule has 0 unspecified atom stereocenters. The number of nitrogens with zero attached hydrogens (tertiary/aromatic N) is 4. The summed E-state index contributed by atoms with van der Waals surface area (Å²) >= 11 is 0. The number of hydrogen-bond acceptors (Lipinski definition) is 5. The zero-order valence-corrected chi connectivity index (χ0v) is 8.88. The Balaban J connectivity index is 2.81. The molecule has 7 heteroatoms. The minimum absolute atomic E-state index is 0.0322. The Morgan fingerprint density at radius 3 is 2.75 bits per heavy atom. The Kier molecular flexibility index (Phi) is 2.15. The molecule has 0 radical (unpaired) electrons. The lowest BCUT2D eigenvalue weighted by Crippen LogP contribution is -2.13. The van der Waals surface area contributed by atoms with Crippen molar-refractivity contribution in [3.05, 3.63) is 17.8 Å². The van der Waals surface area contributed by atoms with Crippen LogP contribution < -0.4 is 10.6 Å². The van der Waals surface area contributed by atoms with Gasteiger partial charge in [-0.25, -0.2) is 9.31 Å². The van der Waals surface area contributed by atoms with Crippen LogP contribution in [0.4, 0.5) is 11.6 Å². The molecule has 0 aliphatic heterocycles. The van der Waals surface area contributed by atoms with Crippen molar-refractivity contribution in [3.8, 4) is 0 Å². The number of hydrogen-bond donors (Lipinski definition) is 2. The fraction of sp³-hybridized carbons (Fsp3) is 0.222. The minimum Gasteiger partial charge on any atom is -0.477 e. The maximum absolute atomic E-state index is 11.0. The molecular formula is C9H11N5O2. The van der Waals surface area contributed by atoms with Crippen molar-refractivity contribution in [2.45, 2.75) is 0 Å². The van der Waals surface area contributed by atoms with Gasteiger partial charge in [0.25, 0.3) is 0 Å². The Morgan fingerprint density at radius 2 is 2.19 bits per heavy atom. The first kappa shape index (κ1) is 10.2. The zero-order valence-electron chi connectivity index (χ0n) is 8.88. The number of nitrogens with two attached hydrogens (primary N) is 1. The van der Waals surface area contributed by atoms with Gasteiger partial charge in [-0.15, -0.1) is 5.10 Å². The Hall–Kier alpha value is -2.31. The van der Waals surface area contributed by atoms with E-state index in [4.69, 9.17) is 10.8 Å². The number of carbonyl (C=O) groups is 1. The van der Waals surface area contributed by atoms with Crippen molar-refractivity contribution < 1.29 is 9.90 Å². The van der Waals surface area contributed by atoms with Gasteiger partial charge in [0.05, 0.1) is 5.69 Å². The topological polar surface area (TPSA) is 96.8 Å². The number of aromatic carboxylic acids is 1. The van der Waals surface area contributed by atoms with Crippen molar-refractivity contribution in [3.63, 3.8) is 0 Å². The number of fused-ring (bicyclic) bond motifs is 1. The maximum atomic E-state index is 11.0. The molecular weight excluding hydrogens is 210 g/mol. The highest BCUT2D eigenvalue weighted by Gasteiger charge is 2.15. The first-order chi connectivity index (χ1) is 7.50. The van der Waals surface area contributed by atoms with E-state index < -0.39 is 5.97 Å². The highest BCUT2D eigenvalue weighted by Crippen LogP contribution is 2.20. The van der Waals surface area contributed by atoms with Crippen molar-refractivity contribution >= 4 is 23.3 Å². The van der Waals surface area contributed by atoms with Crippen molar-refractivity contribution in [2.24, 2.45) is 0 Å². The highest BCUT2D eigenvalue weighted by atomic mass is 16.4. The lowest BCUT2D eigenvalue weighted by atomic mass is 10.3. The minimum atomic E-state index is -1.07. The summed E-state index contributed by atoms with van der Waals surface area (Å²) < 4.78 is 1.23. The summed E-state index contributed by atoms with van der Waals surface area (Å²) in [5.74, 6) is -1.02. The first-order valence-electron chi connectivity index (χ1n) is 4.56. The number of carboxylic acid groups (broad SMARTS) is 1. The van der Waals surface area contributed by atoms with Crippen LogP contribution in [-0.2, 0) is 0 Å². The van der Waals surface area contributed by atoms with Gasteiger partial charge in [0.15, 0.2) is 11.3 Å². The van der Waals surface area contributed by atoms with Crippen LogP contribution in [0.1, 0.15) is 10.5 Å². The van der Waals surface area contributed by atoms with E-state index in [1.54, 1.807) is 6.07 Å². The molecule has 0 saturated heterocycles. The van der Waals surface area contributed by atoms with Crippen LogP contribution in [0.15, 0.2) is 12.1 Å². The third-order valence-corrected chi connectivity index (χ3v) is 2.18. The molecule has 0 aliphatic carbocycles. The second kappa shape index (κ2) is 3.37. The smallest absolute Gasteiger partial charge is 0.354 e. The maximum Gasteiger partial charge on any atom is 0.354 e. The molecule has 0 aliphatic rings. The highest BCUT2D eigenvalue weighted by molar-refractivity contribution is 5.88. The summed E-state index contributed by atoms with van der Waals surface area (Å²) in [5.41, 5.74) is 6.70.